The van der Waals surface area contributed by atoms with Crippen molar-refractivity contribution in [1.82, 2.24) is 10.2 Å². The molecule has 1 aliphatic rings. The Balaban J connectivity index is 2.48. The van der Waals surface area contributed by atoms with Crippen LogP contribution in [0.5, 0.6) is 0 Å². The van der Waals surface area contributed by atoms with Crippen molar-refractivity contribution in [1.29, 1.82) is 0 Å². The molecule has 17 heavy (non-hydrogen) atoms. The molecule has 0 aromatic carbocycles. The maximum absolute atomic E-state index is 11.2. The monoisotopic (exact) mass is 242 g/mol. The second-order valence-corrected chi connectivity index (χ2v) is 5.04. The number of aliphatic carboxylic acids is 1. The highest BCUT2D eigenvalue weighted by Crippen LogP contribution is 2.16. The molecule has 0 saturated carbocycles. The molecule has 4 nitrogen and oxygen atoms in total. The first-order valence-electron chi connectivity index (χ1n) is 6.85. The van der Waals surface area contributed by atoms with E-state index < -0.39 is 12.0 Å². The van der Waals surface area contributed by atoms with E-state index in [2.05, 4.69) is 24.1 Å². The molecule has 0 aliphatic carbocycles. The van der Waals surface area contributed by atoms with Crippen molar-refractivity contribution < 1.29 is 9.90 Å². The number of rotatable bonds is 6. The van der Waals surface area contributed by atoms with Gasteiger partial charge in [0.05, 0.1) is 0 Å². The maximum atomic E-state index is 11.2. The number of hydrogen-bond acceptors (Lipinski definition) is 3. The van der Waals surface area contributed by atoms with Crippen LogP contribution in [0.3, 0.4) is 0 Å². The third-order valence-corrected chi connectivity index (χ3v) is 3.55. The largest absolute Gasteiger partial charge is 0.480 e. The molecule has 4 heteroatoms. The molecule has 0 radical (unpaired) electrons. The van der Waals surface area contributed by atoms with Gasteiger partial charge in [0.1, 0.15) is 6.04 Å². The molecule has 1 heterocycles. The molecule has 1 fully saturated rings. The van der Waals surface area contributed by atoms with Crippen molar-refractivity contribution in [2.45, 2.75) is 58.0 Å². The normalized spacial score (nSPS) is 24.2. The van der Waals surface area contributed by atoms with Gasteiger partial charge in [0.25, 0.3) is 0 Å². The first kappa shape index (κ1) is 14.5. The maximum Gasteiger partial charge on any atom is 0.322 e. The third-order valence-electron chi connectivity index (χ3n) is 3.55. The molecule has 0 aromatic rings. The van der Waals surface area contributed by atoms with Crippen molar-refractivity contribution in [2.75, 3.05) is 19.6 Å². The van der Waals surface area contributed by atoms with Crippen LogP contribution in [-0.4, -0.2) is 47.7 Å². The molecule has 100 valence electrons. The molecule has 1 rings (SSSR count). The van der Waals surface area contributed by atoms with E-state index in [1.54, 1.807) is 0 Å². The van der Waals surface area contributed by atoms with Crippen LogP contribution in [0.1, 0.15) is 46.0 Å². The molecule has 0 bridgehead atoms. The van der Waals surface area contributed by atoms with Gasteiger partial charge in [-0.15, -0.1) is 0 Å². The van der Waals surface area contributed by atoms with Crippen LogP contribution in [0.15, 0.2) is 0 Å². The van der Waals surface area contributed by atoms with Gasteiger partial charge >= 0.3 is 5.97 Å². The summed E-state index contributed by atoms with van der Waals surface area (Å²) in [6.45, 7) is 6.72. The van der Waals surface area contributed by atoms with Gasteiger partial charge in [-0.3, -0.25) is 9.69 Å². The summed E-state index contributed by atoms with van der Waals surface area (Å²) in [6, 6.07) is 0.0956. The Kier molecular flexibility index (Phi) is 6.52. The van der Waals surface area contributed by atoms with E-state index >= 15 is 0 Å². The minimum Gasteiger partial charge on any atom is -0.480 e. The van der Waals surface area contributed by atoms with E-state index in [-0.39, 0.29) is 0 Å². The summed E-state index contributed by atoms with van der Waals surface area (Å²) in [5.41, 5.74) is 0. The number of nitrogens with zero attached hydrogens (tertiary/aromatic N) is 1. The topological polar surface area (TPSA) is 52.6 Å². The van der Waals surface area contributed by atoms with Gasteiger partial charge in [0, 0.05) is 12.6 Å². The highest BCUT2D eigenvalue weighted by molar-refractivity contribution is 5.73. The quantitative estimate of drug-likeness (QED) is 0.744. The van der Waals surface area contributed by atoms with E-state index in [0.717, 1.165) is 19.5 Å². The summed E-state index contributed by atoms with van der Waals surface area (Å²) >= 11 is 0. The van der Waals surface area contributed by atoms with Crippen LogP contribution in [0.25, 0.3) is 0 Å². The van der Waals surface area contributed by atoms with Gasteiger partial charge in [0.15, 0.2) is 0 Å². The highest BCUT2D eigenvalue weighted by Gasteiger charge is 2.24. The summed E-state index contributed by atoms with van der Waals surface area (Å²) in [4.78, 5) is 13.5. The zero-order valence-electron chi connectivity index (χ0n) is 11.1. The molecule has 1 saturated heterocycles. The Morgan fingerprint density at radius 3 is 2.88 bits per heavy atom. The van der Waals surface area contributed by atoms with Crippen LogP contribution >= 0.6 is 0 Å². The average molecular weight is 242 g/mol. The molecule has 0 aromatic heterocycles. The number of nitrogens with one attached hydrogen (secondary N) is 1. The summed E-state index contributed by atoms with van der Waals surface area (Å²) in [5, 5.41) is 12.3. The Morgan fingerprint density at radius 1 is 1.47 bits per heavy atom. The van der Waals surface area contributed by atoms with E-state index in [4.69, 9.17) is 0 Å². The smallest absolute Gasteiger partial charge is 0.322 e. The van der Waals surface area contributed by atoms with Gasteiger partial charge in [-0.05, 0) is 39.3 Å². The zero-order valence-corrected chi connectivity index (χ0v) is 11.1. The van der Waals surface area contributed by atoms with Gasteiger partial charge < -0.3 is 10.4 Å². The highest BCUT2D eigenvalue weighted by atomic mass is 16.4. The van der Waals surface area contributed by atoms with Crippen molar-refractivity contribution >= 4 is 5.97 Å². The lowest BCUT2D eigenvalue weighted by Crippen LogP contribution is -2.48. The lowest BCUT2D eigenvalue weighted by atomic mass is 10.1. The summed E-state index contributed by atoms with van der Waals surface area (Å²) in [6.07, 6.45) is 5.92. The predicted molar refractivity (Wildman–Crippen MR) is 69.2 cm³/mol. The van der Waals surface area contributed by atoms with Gasteiger partial charge in [0.2, 0.25) is 0 Å². The van der Waals surface area contributed by atoms with Crippen molar-refractivity contribution in [2.24, 2.45) is 0 Å². The summed E-state index contributed by atoms with van der Waals surface area (Å²) in [7, 11) is 0. The van der Waals surface area contributed by atoms with E-state index in [9.17, 15) is 9.90 Å². The predicted octanol–water partition coefficient (Wildman–Crippen LogP) is 1.70. The Labute approximate surface area is 104 Å². The molecule has 2 unspecified atom stereocenters. The Hall–Kier alpha value is -0.610. The number of carboxylic acid groups (broad SMARTS) is 1. The van der Waals surface area contributed by atoms with Crippen LogP contribution in [0.2, 0.25) is 0 Å². The zero-order chi connectivity index (χ0) is 12.7. The van der Waals surface area contributed by atoms with Gasteiger partial charge in [-0.25, -0.2) is 0 Å². The molecule has 0 amide bonds. The van der Waals surface area contributed by atoms with Crippen LogP contribution < -0.4 is 5.32 Å². The molecule has 2 N–H and O–H groups in total. The lowest BCUT2D eigenvalue weighted by Gasteiger charge is -2.29. The van der Waals surface area contributed by atoms with Crippen molar-refractivity contribution in [3.8, 4) is 0 Å². The molecule has 1 aliphatic heterocycles. The first-order valence-corrected chi connectivity index (χ1v) is 6.85. The molecule has 0 spiro atoms. The second-order valence-electron chi connectivity index (χ2n) is 5.04. The number of hydrogen-bond donors (Lipinski definition) is 2. The van der Waals surface area contributed by atoms with E-state index in [0.29, 0.717) is 12.6 Å². The van der Waals surface area contributed by atoms with Crippen LogP contribution in [0, 0.1) is 0 Å². The fourth-order valence-corrected chi connectivity index (χ4v) is 2.39. The third kappa shape index (κ3) is 5.04. The fourth-order valence-electron chi connectivity index (χ4n) is 2.39. The fraction of sp³-hybridized carbons (Fsp3) is 0.923. The summed E-state index contributed by atoms with van der Waals surface area (Å²) in [5.74, 6) is -0.727. The summed E-state index contributed by atoms with van der Waals surface area (Å²) < 4.78 is 0. The van der Waals surface area contributed by atoms with Gasteiger partial charge in [-0.1, -0.05) is 19.8 Å². The van der Waals surface area contributed by atoms with E-state index in [1.807, 2.05) is 0 Å². The van der Waals surface area contributed by atoms with Gasteiger partial charge in [-0.2, -0.15) is 0 Å². The molecular formula is C13H26N2O2. The number of carbonyl (C=O) groups is 1. The van der Waals surface area contributed by atoms with Crippen molar-refractivity contribution in [3.63, 3.8) is 0 Å². The molecular weight excluding hydrogens is 216 g/mol. The second kappa shape index (κ2) is 7.67. The van der Waals surface area contributed by atoms with Crippen LogP contribution in [-0.2, 0) is 4.79 Å². The average Bonchev–Trinajstić information content (AvgIpc) is 2.49. The SMILES string of the molecule is CCCNC(CN1CCCCCC1C)C(=O)O. The standard InChI is InChI=1S/C13H26N2O2/c1-3-8-14-12(13(16)17)10-15-9-6-4-5-7-11(15)2/h11-12,14H,3-10H2,1-2H3,(H,16,17). The van der Waals surface area contributed by atoms with E-state index in [1.165, 1.54) is 25.7 Å². The van der Waals surface area contributed by atoms with Crippen molar-refractivity contribution in [3.05, 3.63) is 0 Å². The Morgan fingerprint density at radius 2 is 2.24 bits per heavy atom. The number of likely N-dealkylation sites (tertiary alicyclic amines) is 1. The molecule has 2 atom stereocenters. The first-order chi connectivity index (χ1) is 8.15. The lowest BCUT2D eigenvalue weighted by molar-refractivity contribution is -0.140. The minimum absolute atomic E-state index is 0.421. The van der Waals surface area contributed by atoms with Crippen LogP contribution in [0.4, 0.5) is 0 Å². The Bertz CT molecular complexity index is 233. The minimum atomic E-state index is -0.727. The number of carboxylic acids is 1.